The van der Waals surface area contributed by atoms with Crippen LogP contribution in [-0.2, 0) is 11.2 Å². The van der Waals surface area contributed by atoms with Crippen molar-refractivity contribution in [3.63, 3.8) is 0 Å². The third-order valence-corrected chi connectivity index (χ3v) is 4.03. The number of carboxylic acids is 1. The summed E-state index contributed by atoms with van der Waals surface area (Å²) in [5.41, 5.74) is 0.561. The van der Waals surface area contributed by atoms with E-state index in [2.05, 4.69) is 5.32 Å². The molecule has 0 saturated heterocycles. The van der Waals surface area contributed by atoms with Gasteiger partial charge < -0.3 is 10.4 Å². The van der Waals surface area contributed by atoms with Crippen LogP contribution in [-0.4, -0.2) is 24.2 Å². The van der Waals surface area contributed by atoms with Crippen LogP contribution in [0.2, 0.25) is 5.02 Å². The maximum atomic E-state index is 11.3. The summed E-state index contributed by atoms with van der Waals surface area (Å²) in [6.45, 7) is 5.15. The maximum absolute atomic E-state index is 11.3. The summed E-state index contributed by atoms with van der Waals surface area (Å²) in [7, 11) is 0. The molecule has 0 amide bonds. The van der Waals surface area contributed by atoms with Gasteiger partial charge in [-0.05, 0) is 43.5 Å². The van der Waals surface area contributed by atoms with Gasteiger partial charge in [0.25, 0.3) is 0 Å². The number of carboxylic acid groups (broad SMARTS) is 1. The molecule has 1 aromatic carbocycles. The molecule has 4 heteroatoms. The minimum Gasteiger partial charge on any atom is -0.481 e. The highest BCUT2D eigenvalue weighted by Crippen LogP contribution is 2.25. The fraction of sp³-hybridized carbons (Fsp3) is 0.533. The Morgan fingerprint density at radius 1 is 1.26 bits per heavy atom. The van der Waals surface area contributed by atoms with E-state index >= 15 is 0 Å². The van der Waals surface area contributed by atoms with Crippen molar-refractivity contribution in [2.24, 2.45) is 5.41 Å². The average molecular weight is 284 g/mol. The Bertz CT molecular complexity index is 399. The van der Waals surface area contributed by atoms with E-state index in [0.29, 0.717) is 19.4 Å². The monoisotopic (exact) mass is 283 g/mol. The van der Waals surface area contributed by atoms with Crippen molar-refractivity contribution in [2.45, 2.75) is 33.1 Å². The van der Waals surface area contributed by atoms with Crippen LogP contribution >= 0.6 is 11.6 Å². The molecule has 0 radical (unpaired) electrons. The zero-order valence-electron chi connectivity index (χ0n) is 11.6. The van der Waals surface area contributed by atoms with Crippen molar-refractivity contribution < 1.29 is 9.90 Å². The van der Waals surface area contributed by atoms with Crippen LogP contribution in [0.1, 0.15) is 32.3 Å². The van der Waals surface area contributed by atoms with E-state index in [4.69, 9.17) is 11.6 Å². The highest BCUT2D eigenvalue weighted by atomic mass is 35.5. The van der Waals surface area contributed by atoms with Crippen molar-refractivity contribution in [1.29, 1.82) is 0 Å². The quantitative estimate of drug-likeness (QED) is 0.719. The third kappa shape index (κ3) is 4.51. The standard InChI is InChI=1S/C15H22ClNO2/c1-3-15(4-2,14(18)19)11-17-10-9-12-5-7-13(16)8-6-12/h5-8,17H,3-4,9-11H2,1-2H3,(H,18,19). The van der Waals surface area contributed by atoms with Crippen molar-refractivity contribution >= 4 is 17.6 Å². The predicted octanol–water partition coefficient (Wildman–Crippen LogP) is 3.36. The second-order valence-corrected chi connectivity index (χ2v) is 5.28. The van der Waals surface area contributed by atoms with Crippen LogP contribution in [0.4, 0.5) is 0 Å². The van der Waals surface area contributed by atoms with Gasteiger partial charge in [0.05, 0.1) is 5.41 Å². The average Bonchev–Trinajstić information content (AvgIpc) is 2.41. The minimum absolute atomic E-state index is 0.517. The fourth-order valence-corrected chi connectivity index (χ4v) is 2.22. The van der Waals surface area contributed by atoms with E-state index in [9.17, 15) is 9.90 Å². The number of hydrogen-bond acceptors (Lipinski definition) is 2. The van der Waals surface area contributed by atoms with Gasteiger partial charge in [0.15, 0.2) is 0 Å². The molecule has 3 nitrogen and oxygen atoms in total. The molecule has 0 unspecified atom stereocenters. The Kier molecular flexibility index (Phi) is 6.32. The van der Waals surface area contributed by atoms with Gasteiger partial charge in [0.1, 0.15) is 0 Å². The molecule has 0 fully saturated rings. The molecule has 0 heterocycles. The maximum Gasteiger partial charge on any atom is 0.310 e. The summed E-state index contributed by atoms with van der Waals surface area (Å²) in [6.07, 6.45) is 2.17. The first-order chi connectivity index (χ1) is 9.04. The molecule has 2 N–H and O–H groups in total. The summed E-state index contributed by atoms with van der Waals surface area (Å²) < 4.78 is 0. The third-order valence-electron chi connectivity index (χ3n) is 3.77. The van der Waals surface area contributed by atoms with Gasteiger partial charge in [-0.15, -0.1) is 0 Å². The number of halogens is 1. The highest BCUT2D eigenvalue weighted by Gasteiger charge is 2.34. The van der Waals surface area contributed by atoms with Gasteiger partial charge in [-0.25, -0.2) is 0 Å². The van der Waals surface area contributed by atoms with Crippen LogP contribution in [0.15, 0.2) is 24.3 Å². The van der Waals surface area contributed by atoms with Crippen molar-refractivity contribution in [3.8, 4) is 0 Å². The lowest BCUT2D eigenvalue weighted by atomic mass is 9.82. The lowest BCUT2D eigenvalue weighted by molar-refractivity contribution is -0.149. The molecular formula is C15H22ClNO2. The molecule has 19 heavy (non-hydrogen) atoms. The molecule has 0 aliphatic carbocycles. The first-order valence-electron chi connectivity index (χ1n) is 6.72. The second-order valence-electron chi connectivity index (χ2n) is 4.85. The fourth-order valence-electron chi connectivity index (χ4n) is 2.09. The lowest BCUT2D eigenvalue weighted by Gasteiger charge is -2.27. The summed E-state index contributed by atoms with van der Waals surface area (Å²) in [5, 5.41) is 13.3. The molecule has 0 atom stereocenters. The SMILES string of the molecule is CCC(CC)(CNCCc1ccc(Cl)cc1)C(=O)O. The molecule has 0 aromatic heterocycles. The summed E-state index contributed by atoms with van der Waals surface area (Å²) in [5.74, 6) is -0.712. The smallest absolute Gasteiger partial charge is 0.310 e. The topological polar surface area (TPSA) is 49.3 Å². The second kappa shape index (κ2) is 7.51. The van der Waals surface area contributed by atoms with Crippen LogP contribution in [0, 0.1) is 5.41 Å². The van der Waals surface area contributed by atoms with E-state index in [-0.39, 0.29) is 0 Å². The molecule has 0 aliphatic heterocycles. The Labute approximate surface area is 120 Å². The molecule has 1 aromatic rings. The van der Waals surface area contributed by atoms with E-state index < -0.39 is 11.4 Å². The zero-order valence-corrected chi connectivity index (χ0v) is 12.3. The number of rotatable bonds is 8. The molecule has 0 bridgehead atoms. The summed E-state index contributed by atoms with van der Waals surface area (Å²) in [4.78, 5) is 11.3. The van der Waals surface area contributed by atoms with Gasteiger partial charge in [-0.3, -0.25) is 4.79 Å². The predicted molar refractivity (Wildman–Crippen MR) is 78.7 cm³/mol. The Balaban J connectivity index is 2.41. The van der Waals surface area contributed by atoms with E-state index in [0.717, 1.165) is 18.0 Å². The van der Waals surface area contributed by atoms with Gasteiger partial charge in [0.2, 0.25) is 0 Å². The van der Waals surface area contributed by atoms with Crippen LogP contribution in [0.5, 0.6) is 0 Å². The van der Waals surface area contributed by atoms with Gasteiger partial charge in [0, 0.05) is 11.6 Å². The largest absolute Gasteiger partial charge is 0.481 e. The molecule has 106 valence electrons. The number of benzene rings is 1. The minimum atomic E-state index is -0.712. The molecule has 0 saturated carbocycles. The van der Waals surface area contributed by atoms with Crippen LogP contribution in [0.3, 0.4) is 0 Å². The number of hydrogen-bond donors (Lipinski definition) is 2. The van der Waals surface area contributed by atoms with Crippen molar-refractivity contribution in [1.82, 2.24) is 5.32 Å². The molecule has 1 rings (SSSR count). The molecular weight excluding hydrogens is 262 g/mol. The van der Waals surface area contributed by atoms with Crippen molar-refractivity contribution in [3.05, 3.63) is 34.9 Å². The lowest BCUT2D eigenvalue weighted by Crippen LogP contribution is -2.40. The summed E-state index contributed by atoms with van der Waals surface area (Å²) >= 11 is 5.82. The zero-order chi connectivity index (χ0) is 14.3. The Morgan fingerprint density at radius 3 is 2.32 bits per heavy atom. The first-order valence-corrected chi connectivity index (χ1v) is 7.10. The number of carbonyl (C=O) groups is 1. The Morgan fingerprint density at radius 2 is 1.84 bits per heavy atom. The van der Waals surface area contributed by atoms with Gasteiger partial charge in [-0.2, -0.15) is 0 Å². The van der Waals surface area contributed by atoms with Gasteiger partial charge in [-0.1, -0.05) is 37.6 Å². The van der Waals surface area contributed by atoms with E-state index in [1.807, 2.05) is 38.1 Å². The highest BCUT2D eigenvalue weighted by molar-refractivity contribution is 6.30. The van der Waals surface area contributed by atoms with Crippen molar-refractivity contribution in [2.75, 3.05) is 13.1 Å². The number of aliphatic carboxylic acids is 1. The van der Waals surface area contributed by atoms with E-state index in [1.54, 1.807) is 0 Å². The Hall–Kier alpha value is -1.06. The first kappa shape index (κ1) is 16.0. The molecule has 0 aliphatic rings. The summed E-state index contributed by atoms with van der Waals surface area (Å²) in [6, 6.07) is 7.73. The normalized spacial score (nSPS) is 11.5. The number of nitrogens with one attached hydrogen (secondary N) is 1. The van der Waals surface area contributed by atoms with E-state index in [1.165, 1.54) is 5.56 Å². The van der Waals surface area contributed by atoms with Crippen LogP contribution < -0.4 is 5.32 Å². The molecule has 0 spiro atoms. The van der Waals surface area contributed by atoms with Gasteiger partial charge >= 0.3 is 5.97 Å². The van der Waals surface area contributed by atoms with Crippen LogP contribution in [0.25, 0.3) is 0 Å².